The van der Waals surface area contributed by atoms with Crippen LogP contribution in [0.1, 0.15) is 22.5 Å². The first-order valence-corrected chi connectivity index (χ1v) is 6.33. The lowest BCUT2D eigenvalue weighted by Crippen LogP contribution is -2.31. The third-order valence-corrected chi connectivity index (χ3v) is 3.93. The number of ether oxygens (including phenoxy) is 1. The van der Waals surface area contributed by atoms with Crippen LogP contribution in [0.3, 0.4) is 0 Å². The summed E-state index contributed by atoms with van der Waals surface area (Å²) in [5.74, 6) is -1.20. The molecular weight excluding hydrogens is 242 g/mol. The molecular formula is C15H15NO3. The second-order valence-electron chi connectivity index (χ2n) is 4.88. The number of nitrogens with zero attached hydrogens (tertiary/aromatic N) is 1. The number of aromatic nitrogens is 1. The number of carbonyl (C=O) groups excluding carboxylic acids is 2. The molecule has 1 atom stereocenters. The Morgan fingerprint density at radius 3 is 2.84 bits per heavy atom. The molecule has 1 aromatic carbocycles. The van der Waals surface area contributed by atoms with Crippen molar-refractivity contribution < 1.29 is 14.3 Å². The van der Waals surface area contributed by atoms with Crippen molar-refractivity contribution in [2.45, 2.75) is 12.8 Å². The normalized spacial score (nSPS) is 18.4. The summed E-state index contributed by atoms with van der Waals surface area (Å²) < 4.78 is 6.61. The van der Waals surface area contributed by atoms with Crippen LogP contribution in [0.5, 0.6) is 0 Å². The largest absolute Gasteiger partial charge is 0.468 e. The molecule has 1 aliphatic rings. The summed E-state index contributed by atoms with van der Waals surface area (Å²) in [4.78, 5) is 24.1. The van der Waals surface area contributed by atoms with Crippen LogP contribution in [-0.4, -0.2) is 23.4 Å². The van der Waals surface area contributed by atoms with E-state index in [1.165, 1.54) is 7.11 Å². The zero-order valence-electron chi connectivity index (χ0n) is 11.0. The average Bonchev–Trinajstić information content (AvgIpc) is 2.73. The number of Topliss-reactive ketones (excluding diaryl/α,β-unsaturated/α-hetero) is 1. The van der Waals surface area contributed by atoms with Gasteiger partial charge in [-0.1, -0.05) is 18.2 Å². The molecule has 4 heteroatoms. The fraction of sp³-hybridized carbons (Fsp3) is 0.333. The molecule has 1 heterocycles. The fourth-order valence-electron chi connectivity index (χ4n) is 2.99. The van der Waals surface area contributed by atoms with Gasteiger partial charge in [-0.3, -0.25) is 9.59 Å². The molecule has 0 aliphatic heterocycles. The number of para-hydroxylation sites is 1. The van der Waals surface area contributed by atoms with Crippen LogP contribution in [0.4, 0.5) is 0 Å². The van der Waals surface area contributed by atoms with Crippen LogP contribution < -0.4 is 0 Å². The van der Waals surface area contributed by atoms with Gasteiger partial charge < -0.3 is 9.30 Å². The zero-order chi connectivity index (χ0) is 13.6. The summed E-state index contributed by atoms with van der Waals surface area (Å²) in [6, 6.07) is 7.95. The number of rotatable bonds is 1. The first-order chi connectivity index (χ1) is 9.15. The Labute approximate surface area is 111 Å². The molecule has 0 spiro atoms. The summed E-state index contributed by atoms with van der Waals surface area (Å²) in [6.45, 7) is 0. The number of esters is 1. The van der Waals surface area contributed by atoms with E-state index in [2.05, 4.69) is 0 Å². The molecule has 98 valence electrons. The van der Waals surface area contributed by atoms with Gasteiger partial charge in [-0.2, -0.15) is 0 Å². The maximum Gasteiger partial charge on any atom is 0.316 e. The van der Waals surface area contributed by atoms with Gasteiger partial charge in [-0.15, -0.1) is 0 Å². The lowest BCUT2D eigenvalue weighted by atomic mass is 9.85. The van der Waals surface area contributed by atoms with E-state index in [1.807, 2.05) is 35.9 Å². The van der Waals surface area contributed by atoms with E-state index >= 15 is 0 Å². The fourth-order valence-corrected chi connectivity index (χ4v) is 2.99. The van der Waals surface area contributed by atoms with Gasteiger partial charge in [0.2, 0.25) is 0 Å². The minimum Gasteiger partial charge on any atom is -0.468 e. The van der Waals surface area contributed by atoms with Gasteiger partial charge >= 0.3 is 5.97 Å². The first kappa shape index (κ1) is 12.0. The van der Waals surface area contributed by atoms with Crippen molar-refractivity contribution in [1.29, 1.82) is 0 Å². The van der Waals surface area contributed by atoms with Crippen molar-refractivity contribution in [3.05, 3.63) is 35.5 Å². The minimum absolute atomic E-state index is 0.119. The van der Waals surface area contributed by atoms with Gasteiger partial charge in [-0.25, -0.2) is 0 Å². The molecule has 1 aromatic heterocycles. The highest BCUT2D eigenvalue weighted by atomic mass is 16.5. The predicted octanol–water partition coefficient (Wildman–Crippen LogP) is 2.10. The zero-order valence-corrected chi connectivity index (χ0v) is 11.0. The predicted molar refractivity (Wildman–Crippen MR) is 71.1 cm³/mol. The van der Waals surface area contributed by atoms with Crippen LogP contribution in [-0.2, 0) is 23.0 Å². The van der Waals surface area contributed by atoms with Crippen molar-refractivity contribution in [3.63, 3.8) is 0 Å². The first-order valence-electron chi connectivity index (χ1n) is 6.33. The van der Waals surface area contributed by atoms with Crippen LogP contribution in [0.15, 0.2) is 24.3 Å². The quantitative estimate of drug-likeness (QED) is 0.580. The summed E-state index contributed by atoms with van der Waals surface area (Å²) in [5, 5.41) is 1.11. The summed E-state index contributed by atoms with van der Waals surface area (Å²) in [5.41, 5.74) is 2.75. The van der Waals surface area contributed by atoms with Crippen LogP contribution >= 0.6 is 0 Å². The molecule has 0 bridgehead atoms. The maximum atomic E-state index is 12.5. The molecule has 0 saturated heterocycles. The Kier molecular flexibility index (Phi) is 2.66. The van der Waals surface area contributed by atoms with E-state index in [0.717, 1.165) is 22.9 Å². The van der Waals surface area contributed by atoms with Gasteiger partial charge in [0.05, 0.1) is 12.8 Å². The molecule has 0 radical (unpaired) electrons. The van der Waals surface area contributed by atoms with E-state index in [4.69, 9.17) is 4.74 Å². The molecule has 3 rings (SSSR count). The molecule has 2 aromatic rings. The number of ketones is 1. The lowest BCUT2D eigenvalue weighted by molar-refractivity contribution is -0.143. The van der Waals surface area contributed by atoms with E-state index in [-0.39, 0.29) is 5.78 Å². The second-order valence-corrected chi connectivity index (χ2v) is 4.88. The Balaban J connectivity index is 2.19. The Morgan fingerprint density at radius 1 is 1.37 bits per heavy atom. The number of fused-ring (bicyclic) bond motifs is 3. The van der Waals surface area contributed by atoms with E-state index in [9.17, 15) is 9.59 Å². The molecule has 19 heavy (non-hydrogen) atoms. The van der Waals surface area contributed by atoms with Gasteiger partial charge in [0.25, 0.3) is 0 Å². The number of benzene rings is 1. The van der Waals surface area contributed by atoms with Crippen LogP contribution in [0.2, 0.25) is 0 Å². The molecule has 0 amide bonds. The highest BCUT2D eigenvalue weighted by molar-refractivity contribution is 6.12. The number of carbonyl (C=O) groups is 2. The molecule has 1 aliphatic carbocycles. The number of aryl methyl sites for hydroxylation is 2. The van der Waals surface area contributed by atoms with E-state index in [1.54, 1.807) is 0 Å². The number of methoxy groups -OCH3 is 1. The highest BCUT2D eigenvalue weighted by Gasteiger charge is 2.36. The van der Waals surface area contributed by atoms with E-state index in [0.29, 0.717) is 12.1 Å². The Morgan fingerprint density at radius 2 is 2.11 bits per heavy atom. The maximum absolute atomic E-state index is 12.5. The third-order valence-electron chi connectivity index (χ3n) is 3.93. The van der Waals surface area contributed by atoms with Gasteiger partial charge in [0, 0.05) is 18.0 Å². The van der Waals surface area contributed by atoms with Crippen molar-refractivity contribution >= 4 is 22.7 Å². The van der Waals surface area contributed by atoms with Gasteiger partial charge in [0.15, 0.2) is 5.78 Å². The van der Waals surface area contributed by atoms with Crippen LogP contribution in [0.25, 0.3) is 10.9 Å². The Bertz CT molecular complexity index is 684. The summed E-state index contributed by atoms with van der Waals surface area (Å²) in [6.07, 6.45) is 1.27. The third kappa shape index (κ3) is 1.59. The van der Waals surface area contributed by atoms with Crippen LogP contribution in [0, 0.1) is 5.92 Å². The summed E-state index contributed by atoms with van der Waals surface area (Å²) in [7, 11) is 3.20. The number of hydrogen-bond acceptors (Lipinski definition) is 3. The number of hydrogen-bond donors (Lipinski definition) is 0. The lowest BCUT2D eigenvalue weighted by Gasteiger charge is -2.20. The SMILES string of the molecule is COC(=O)[C@H]1CCc2c(n(C)c3ccccc23)C1=O. The molecule has 4 nitrogen and oxygen atoms in total. The molecule has 0 unspecified atom stereocenters. The van der Waals surface area contributed by atoms with Gasteiger partial charge in [0.1, 0.15) is 5.92 Å². The summed E-state index contributed by atoms with van der Waals surface area (Å²) >= 11 is 0. The average molecular weight is 257 g/mol. The standard InChI is InChI=1S/C15H15NO3/c1-16-12-6-4-3-5-9(12)10-7-8-11(15(18)19-2)14(17)13(10)16/h3-6,11H,7-8H2,1-2H3/t11-/m0/s1. The molecule has 0 fully saturated rings. The second kappa shape index (κ2) is 4.23. The van der Waals surface area contributed by atoms with Crippen molar-refractivity contribution in [2.75, 3.05) is 7.11 Å². The smallest absolute Gasteiger partial charge is 0.316 e. The van der Waals surface area contributed by atoms with Gasteiger partial charge in [-0.05, 0) is 24.5 Å². The molecule has 0 N–H and O–H groups in total. The van der Waals surface area contributed by atoms with Crippen molar-refractivity contribution in [3.8, 4) is 0 Å². The Hall–Kier alpha value is -2.10. The van der Waals surface area contributed by atoms with E-state index < -0.39 is 11.9 Å². The van der Waals surface area contributed by atoms with Crippen molar-refractivity contribution in [2.24, 2.45) is 13.0 Å². The topological polar surface area (TPSA) is 48.3 Å². The monoisotopic (exact) mass is 257 g/mol. The molecule has 0 saturated carbocycles. The highest BCUT2D eigenvalue weighted by Crippen LogP contribution is 2.33. The van der Waals surface area contributed by atoms with Crippen molar-refractivity contribution in [1.82, 2.24) is 4.57 Å². The minimum atomic E-state index is -0.652.